The predicted molar refractivity (Wildman–Crippen MR) is 50.8 cm³/mol. The molecule has 1 aromatic carbocycles. The topological polar surface area (TPSA) is 45.8 Å². The highest BCUT2D eigenvalue weighted by Gasteiger charge is 2.08. The van der Waals surface area contributed by atoms with Crippen molar-refractivity contribution in [2.45, 2.75) is 13.8 Å². The number of ketones is 1. The Kier molecular flexibility index (Phi) is 1.65. The van der Waals surface area contributed by atoms with Crippen LogP contribution in [0.15, 0.2) is 18.2 Å². The second-order valence-electron chi connectivity index (χ2n) is 3.11. The van der Waals surface area contributed by atoms with Crippen LogP contribution >= 0.6 is 0 Å². The number of fused-ring (bicyclic) bond motifs is 1. The molecule has 0 aliphatic heterocycles. The van der Waals surface area contributed by atoms with Gasteiger partial charge in [0.05, 0.1) is 0 Å². The summed E-state index contributed by atoms with van der Waals surface area (Å²) in [5.74, 6) is 0.0529. The molecular weight excluding hydrogens is 164 g/mol. The molecule has 66 valence electrons. The number of aromatic nitrogens is 2. The minimum absolute atomic E-state index is 0.0529. The molecule has 13 heavy (non-hydrogen) atoms. The third kappa shape index (κ3) is 1.13. The molecule has 0 bridgehead atoms. The van der Waals surface area contributed by atoms with Crippen molar-refractivity contribution >= 4 is 16.7 Å². The van der Waals surface area contributed by atoms with Gasteiger partial charge in [0.1, 0.15) is 5.52 Å². The Balaban J connectivity index is 2.84. The fourth-order valence-corrected chi connectivity index (χ4v) is 1.45. The smallest absolute Gasteiger partial charge is 0.162 e. The lowest BCUT2D eigenvalue weighted by Crippen LogP contribution is -1.92. The van der Waals surface area contributed by atoms with E-state index in [4.69, 9.17) is 0 Å². The fourth-order valence-electron chi connectivity index (χ4n) is 1.45. The van der Waals surface area contributed by atoms with E-state index in [9.17, 15) is 4.79 Å². The first kappa shape index (κ1) is 7.98. The molecule has 3 nitrogen and oxygen atoms in total. The van der Waals surface area contributed by atoms with Gasteiger partial charge in [0.15, 0.2) is 5.78 Å². The van der Waals surface area contributed by atoms with Crippen molar-refractivity contribution in [2.75, 3.05) is 0 Å². The van der Waals surface area contributed by atoms with Crippen molar-refractivity contribution in [1.29, 1.82) is 0 Å². The molecule has 0 atom stereocenters. The van der Waals surface area contributed by atoms with Crippen molar-refractivity contribution < 1.29 is 4.79 Å². The molecule has 0 saturated carbocycles. The number of carbonyl (C=O) groups is 1. The average molecular weight is 174 g/mol. The van der Waals surface area contributed by atoms with Crippen molar-refractivity contribution in [1.82, 2.24) is 10.2 Å². The van der Waals surface area contributed by atoms with Crippen LogP contribution in [-0.4, -0.2) is 16.0 Å². The molecule has 0 amide bonds. The summed E-state index contributed by atoms with van der Waals surface area (Å²) in [5, 5.41) is 7.98. The van der Waals surface area contributed by atoms with Gasteiger partial charge >= 0.3 is 0 Å². The number of nitrogens with one attached hydrogen (secondary N) is 1. The van der Waals surface area contributed by atoms with E-state index in [0.29, 0.717) is 5.56 Å². The van der Waals surface area contributed by atoms with Gasteiger partial charge in [-0.25, -0.2) is 0 Å². The Bertz CT molecular complexity index is 471. The number of rotatable bonds is 1. The molecule has 2 aromatic rings. The van der Waals surface area contributed by atoms with Gasteiger partial charge in [-0.3, -0.25) is 9.89 Å². The molecule has 3 heteroatoms. The van der Waals surface area contributed by atoms with Crippen LogP contribution in [0.25, 0.3) is 10.9 Å². The van der Waals surface area contributed by atoms with Gasteiger partial charge in [-0.1, -0.05) is 12.1 Å². The molecule has 0 aliphatic carbocycles. The Morgan fingerprint density at radius 3 is 2.92 bits per heavy atom. The number of H-pyrrole nitrogens is 1. The molecule has 0 aliphatic rings. The normalized spacial score (nSPS) is 10.6. The van der Waals surface area contributed by atoms with Crippen LogP contribution in [-0.2, 0) is 0 Å². The number of hydrogen-bond donors (Lipinski definition) is 1. The van der Waals surface area contributed by atoms with Crippen LogP contribution in [0.1, 0.15) is 23.0 Å². The highest BCUT2D eigenvalue weighted by molar-refractivity contribution is 6.05. The number of nitrogens with zero attached hydrogens (tertiary/aromatic N) is 1. The van der Waals surface area contributed by atoms with Gasteiger partial charge in [0.2, 0.25) is 0 Å². The first-order chi connectivity index (χ1) is 6.20. The maximum Gasteiger partial charge on any atom is 0.162 e. The van der Waals surface area contributed by atoms with Crippen molar-refractivity contribution in [3.63, 3.8) is 0 Å². The number of carbonyl (C=O) groups excluding carboxylic acids is 1. The lowest BCUT2D eigenvalue weighted by Gasteiger charge is -1.95. The summed E-state index contributed by atoms with van der Waals surface area (Å²) in [4.78, 5) is 11.2. The number of aromatic amines is 1. The van der Waals surface area contributed by atoms with E-state index in [0.717, 1.165) is 16.6 Å². The lowest BCUT2D eigenvalue weighted by molar-refractivity contribution is 0.101. The van der Waals surface area contributed by atoms with Crippen LogP contribution < -0.4 is 0 Å². The minimum Gasteiger partial charge on any atom is -0.294 e. The van der Waals surface area contributed by atoms with Gasteiger partial charge in [-0.2, -0.15) is 5.10 Å². The molecule has 0 radical (unpaired) electrons. The fraction of sp³-hybridized carbons (Fsp3) is 0.200. The van der Waals surface area contributed by atoms with E-state index in [1.165, 1.54) is 0 Å². The zero-order chi connectivity index (χ0) is 9.42. The average Bonchev–Trinajstić information content (AvgIpc) is 2.48. The monoisotopic (exact) mass is 174 g/mol. The summed E-state index contributed by atoms with van der Waals surface area (Å²) in [6.07, 6.45) is 0. The first-order valence-corrected chi connectivity index (χ1v) is 4.15. The standard InChI is InChI=1S/C10H10N2O/c1-6-8-4-3-5-9(7(2)13)10(8)12-11-6/h3-5H,1-2H3,(H,11,12). The number of hydrogen-bond acceptors (Lipinski definition) is 2. The molecule has 0 saturated heterocycles. The van der Waals surface area contributed by atoms with E-state index >= 15 is 0 Å². The Morgan fingerprint density at radius 2 is 2.23 bits per heavy atom. The lowest BCUT2D eigenvalue weighted by atomic mass is 10.1. The van der Waals surface area contributed by atoms with E-state index < -0.39 is 0 Å². The molecule has 2 rings (SSSR count). The van der Waals surface area contributed by atoms with Gasteiger partial charge in [0.25, 0.3) is 0 Å². The quantitative estimate of drug-likeness (QED) is 0.673. The summed E-state index contributed by atoms with van der Waals surface area (Å²) >= 11 is 0. The molecule has 0 spiro atoms. The van der Waals surface area contributed by atoms with Gasteiger partial charge < -0.3 is 0 Å². The van der Waals surface area contributed by atoms with Gasteiger partial charge in [-0.15, -0.1) is 0 Å². The van der Waals surface area contributed by atoms with Gasteiger partial charge in [0, 0.05) is 16.6 Å². The van der Waals surface area contributed by atoms with Crippen LogP contribution in [0.5, 0.6) is 0 Å². The number of aryl methyl sites for hydroxylation is 1. The van der Waals surface area contributed by atoms with Crippen LogP contribution in [0, 0.1) is 6.92 Å². The maximum atomic E-state index is 11.2. The van der Waals surface area contributed by atoms with Crippen molar-refractivity contribution in [3.05, 3.63) is 29.5 Å². The molecule has 1 N–H and O–H groups in total. The van der Waals surface area contributed by atoms with Gasteiger partial charge in [-0.05, 0) is 19.9 Å². The molecule has 1 aromatic heterocycles. The third-order valence-corrected chi connectivity index (χ3v) is 2.15. The second kappa shape index (κ2) is 2.69. The zero-order valence-electron chi connectivity index (χ0n) is 7.59. The van der Waals surface area contributed by atoms with Crippen molar-refractivity contribution in [3.8, 4) is 0 Å². The highest BCUT2D eigenvalue weighted by Crippen LogP contribution is 2.19. The van der Waals surface area contributed by atoms with Crippen LogP contribution in [0.3, 0.4) is 0 Å². The molecule has 1 heterocycles. The Morgan fingerprint density at radius 1 is 1.46 bits per heavy atom. The minimum atomic E-state index is 0.0529. The SMILES string of the molecule is CC(=O)c1cccc2c(C)[nH]nc12. The maximum absolute atomic E-state index is 11.2. The summed E-state index contributed by atoms with van der Waals surface area (Å²) in [5.41, 5.74) is 2.45. The summed E-state index contributed by atoms with van der Waals surface area (Å²) < 4.78 is 0. The Labute approximate surface area is 75.8 Å². The van der Waals surface area contributed by atoms with E-state index in [-0.39, 0.29) is 5.78 Å². The summed E-state index contributed by atoms with van der Waals surface area (Å²) in [7, 11) is 0. The predicted octanol–water partition coefficient (Wildman–Crippen LogP) is 2.07. The van der Waals surface area contributed by atoms with E-state index in [2.05, 4.69) is 10.2 Å². The van der Waals surface area contributed by atoms with Crippen molar-refractivity contribution in [2.24, 2.45) is 0 Å². The highest BCUT2D eigenvalue weighted by atomic mass is 16.1. The third-order valence-electron chi connectivity index (χ3n) is 2.15. The number of Topliss-reactive ketones (excluding diaryl/α,β-unsaturated/α-hetero) is 1. The molecular formula is C10H10N2O. The second-order valence-corrected chi connectivity index (χ2v) is 3.11. The number of para-hydroxylation sites is 1. The molecule has 0 fully saturated rings. The van der Waals surface area contributed by atoms with Crippen LogP contribution in [0.2, 0.25) is 0 Å². The largest absolute Gasteiger partial charge is 0.294 e. The van der Waals surface area contributed by atoms with Crippen LogP contribution in [0.4, 0.5) is 0 Å². The zero-order valence-corrected chi connectivity index (χ0v) is 7.59. The Hall–Kier alpha value is -1.64. The summed E-state index contributed by atoms with van der Waals surface area (Å²) in [6.45, 7) is 3.50. The van der Waals surface area contributed by atoms with E-state index in [1.807, 2.05) is 19.1 Å². The number of benzene rings is 1. The first-order valence-electron chi connectivity index (χ1n) is 4.15. The summed E-state index contributed by atoms with van der Waals surface area (Å²) in [6, 6.07) is 5.63. The van der Waals surface area contributed by atoms with E-state index in [1.54, 1.807) is 13.0 Å². The molecule has 0 unspecified atom stereocenters.